The number of nitrogens with one attached hydrogen (secondary N) is 4. The zero-order valence-electron chi connectivity index (χ0n) is 16.6. The minimum atomic E-state index is -0.689. The summed E-state index contributed by atoms with van der Waals surface area (Å²) in [7, 11) is 0. The number of carbonyl (C=O) groups excluding carboxylic acids is 1. The average Bonchev–Trinajstić information content (AvgIpc) is 3.32. The van der Waals surface area contributed by atoms with Crippen LogP contribution in [0.3, 0.4) is 0 Å². The fraction of sp³-hybridized carbons (Fsp3) is 0.227. The van der Waals surface area contributed by atoms with Crippen molar-refractivity contribution in [2.45, 2.75) is 18.8 Å². The first-order valence-corrected chi connectivity index (χ1v) is 10.1. The Balaban J connectivity index is 1.39. The number of aromatic amines is 3. The van der Waals surface area contributed by atoms with Gasteiger partial charge in [0, 0.05) is 18.0 Å². The second kappa shape index (κ2) is 7.70. The van der Waals surface area contributed by atoms with Gasteiger partial charge < -0.3 is 10.3 Å². The van der Waals surface area contributed by atoms with Crippen molar-refractivity contribution in [1.29, 1.82) is 0 Å². The minimum Gasteiger partial charge on any atom is -0.352 e. The number of hydrogen-bond donors (Lipinski definition) is 4. The van der Waals surface area contributed by atoms with Gasteiger partial charge in [-0.05, 0) is 66.1 Å². The Morgan fingerprint density at radius 3 is 2.50 bits per heavy atom. The van der Waals surface area contributed by atoms with Crippen molar-refractivity contribution in [1.82, 2.24) is 25.5 Å². The standard InChI is InChI=1S/C22H18F3N5O2/c23-13-3-1-11(2-4-13)18-17(15-7-14(24)8-16(25)19(15)27-18)12-5-10(6-12)9-26-21(31)20-28-22(32)30-29-20/h1-4,7-8,10,12,27H,5-6,9H2,(H,26,31)(H2,28,29,30,32)/t10-,12-. The number of hydrogen-bond acceptors (Lipinski definition) is 3. The fourth-order valence-electron chi connectivity index (χ4n) is 4.34. The summed E-state index contributed by atoms with van der Waals surface area (Å²) in [6, 6.07) is 7.97. The molecule has 0 spiro atoms. The van der Waals surface area contributed by atoms with Crippen LogP contribution < -0.4 is 11.0 Å². The zero-order chi connectivity index (χ0) is 22.4. The van der Waals surface area contributed by atoms with E-state index in [1.54, 1.807) is 12.1 Å². The van der Waals surface area contributed by atoms with Gasteiger partial charge in [0.05, 0.1) is 11.2 Å². The molecule has 4 N–H and O–H groups in total. The SMILES string of the molecule is O=C(NC[C@H]1C[C@H](c2c(-c3ccc(F)cc3)[nH]c3c(F)cc(F)cc32)C1)c1n[nH]c(=O)[nH]1. The molecule has 1 amide bonds. The monoisotopic (exact) mass is 441 g/mol. The molecule has 2 aromatic heterocycles. The van der Waals surface area contributed by atoms with Gasteiger partial charge in [-0.1, -0.05) is 0 Å². The molecule has 164 valence electrons. The van der Waals surface area contributed by atoms with E-state index in [1.165, 1.54) is 18.2 Å². The van der Waals surface area contributed by atoms with Gasteiger partial charge in [0.15, 0.2) is 0 Å². The van der Waals surface area contributed by atoms with Crippen molar-refractivity contribution in [3.05, 3.63) is 75.7 Å². The highest BCUT2D eigenvalue weighted by molar-refractivity contribution is 5.92. The Labute approximate surface area is 179 Å². The lowest BCUT2D eigenvalue weighted by Gasteiger charge is -2.36. The van der Waals surface area contributed by atoms with Crippen molar-refractivity contribution in [3.63, 3.8) is 0 Å². The molecule has 1 saturated carbocycles. The lowest BCUT2D eigenvalue weighted by atomic mass is 9.70. The average molecular weight is 441 g/mol. The topological polar surface area (TPSA) is 106 Å². The Morgan fingerprint density at radius 1 is 1.06 bits per heavy atom. The first-order chi connectivity index (χ1) is 15.4. The highest BCUT2D eigenvalue weighted by Crippen LogP contribution is 2.48. The molecule has 1 fully saturated rings. The smallest absolute Gasteiger partial charge is 0.341 e. The summed E-state index contributed by atoms with van der Waals surface area (Å²) in [4.78, 5) is 28.5. The van der Waals surface area contributed by atoms with E-state index in [0.717, 1.165) is 11.6 Å². The normalized spacial score (nSPS) is 18.0. The summed E-state index contributed by atoms with van der Waals surface area (Å²) in [5.41, 5.74) is 1.73. The number of fused-ring (bicyclic) bond motifs is 1. The number of benzene rings is 2. The van der Waals surface area contributed by atoms with Crippen molar-refractivity contribution >= 4 is 16.8 Å². The second-order valence-corrected chi connectivity index (χ2v) is 8.00. The molecule has 0 radical (unpaired) electrons. The predicted molar refractivity (Wildman–Crippen MR) is 111 cm³/mol. The van der Waals surface area contributed by atoms with Gasteiger partial charge in [0.2, 0.25) is 5.82 Å². The van der Waals surface area contributed by atoms with Gasteiger partial charge in [0.1, 0.15) is 17.5 Å². The quantitative estimate of drug-likeness (QED) is 0.380. The molecule has 0 aliphatic heterocycles. The maximum atomic E-state index is 14.4. The van der Waals surface area contributed by atoms with E-state index in [4.69, 9.17) is 0 Å². The summed E-state index contributed by atoms with van der Waals surface area (Å²) >= 11 is 0. The highest BCUT2D eigenvalue weighted by Gasteiger charge is 2.35. The summed E-state index contributed by atoms with van der Waals surface area (Å²) in [6.45, 7) is 0.376. The lowest BCUT2D eigenvalue weighted by molar-refractivity contribution is 0.0925. The van der Waals surface area contributed by atoms with Gasteiger partial charge in [-0.15, -0.1) is 5.10 Å². The van der Waals surface area contributed by atoms with E-state index in [9.17, 15) is 22.8 Å². The van der Waals surface area contributed by atoms with E-state index >= 15 is 0 Å². The Morgan fingerprint density at radius 2 is 1.81 bits per heavy atom. The molecule has 2 heterocycles. The molecule has 4 aromatic rings. The Hall–Kier alpha value is -3.82. The van der Waals surface area contributed by atoms with Crippen LogP contribution in [0.25, 0.3) is 22.2 Å². The summed E-state index contributed by atoms with van der Waals surface area (Å²) < 4.78 is 41.8. The van der Waals surface area contributed by atoms with Crippen molar-refractivity contribution in [3.8, 4) is 11.3 Å². The van der Waals surface area contributed by atoms with Crippen LogP contribution in [0.1, 0.15) is 34.9 Å². The zero-order valence-corrected chi connectivity index (χ0v) is 16.6. The number of H-pyrrole nitrogens is 3. The van der Waals surface area contributed by atoms with Crippen molar-refractivity contribution in [2.75, 3.05) is 6.54 Å². The molecule has 1 aliphatic rings. The van der Waals surface area contributed by atoms with Crippen LogP contribution in [0.4, 0.5) is 13.2 Å². The van der Waals surface area contributed by atoms with E-state index in [0.29, 0.717) is 36.0 Å². The van der Waals surface area contributed by atoms with Crippen LogP contribution in [0.15, 0.2) is 41.2 Å². The largest absolute Gasteiger partial charge is 0.352 e. The van der Waals surface area contributed by atoms with Crippen LogP contribution in [0, 0.1) is 23.4 Å². The van der Waals surface area contributed by atoms with Gasteiger partial charge in [-0.2, -0.15) is 0 Å². The van der Waals surface area contributed by atoms with Crippen LogP contribution in [-0.4, -0.2) is 32.6 Å². The van der Waals surface area contributed by atoms with Crippen LogP contribution >= 0.6 is 0 Å². The molecule has 10 heteroatoms. The first-order valence-electron chi connectivity index (χ1n) is 10.1. The molecule has 0 saturated heterocycles. The predicted octanol–water partition coefficient (Wildman–Crippen LogP) is 3.59. The van der Waals surface area contributed by atoms with Crippen molar-refractivity contribution in [2.24, 2.45) is 5.92 Å². The number of aromatic nitrogens is 4. The molecular weight excluding hydrogens is 423 g/mol. The first kappa shape index (κ1) is 20.1. The van der Waals surface area contributed by atoms with E-state index < -0.39 is 23.2 Å². The van der Waals surface area contributed by atoms with E-state index in [2.05, 4.69) is 25.5 Å². The van der Waals surface area contributed by atoms with Crippen LogP contribution in [-0.2, 0) is 0 Å². The van der Waals surface area contributed by atoms with E-state index in [1.807, 2.05) is 0 Å². The lowest BCUT2D eigenvalue weighted by Crippen LogP contribution is -2.36. The Kier molecular flexibility index (Phi) is 4.84. The third-order valence-electron chi connectivity index (χ3n) is 5.91. The number of carbonyl (C=O) groups is 1. The molecule has 7 nitrogen and oxygen atoms in total. The Bertz CT molecular complexity index is 1370. The number of nitrogens with zero attached hydrogens (tertiary/aromatic N) is 1. The maximum Gasteiger partial charge on any atom is 0.341 e. The van der Waals surface area contributed by atoms with Crippen LogP contribution in [0.2, 0.25) is 0 Å². The highest BCUT2D eigenvalue weighted by atomic mass is 19.1. The van der Waals surface area contributed by atoms with Gasteiger partial charge in [0.25, 0.3) is 5.91 Å². The summed E-state index contributed by atoms with van der Waals surface area (Å²) in [5, 5.41) is 8.91. The molecule has 1 aliphatic carbocycles. The minimum absolute atomic E-state index is 0.0112. The molecule has 2 aromatic carbocycles. The van der Waals surface area contributed by atoms with Crippen molar-refractivity contribution < 1.29 is 18.0 Å². The second-order valence-electron chi connectivity index (χ2n) is 8.00. The third-order valence-corrected chi connectivity index (χ3v) is 5.91. The molecule has 5 rings (SSSR count). The number of halogens is 3. The number of amides is 1. The van der Waals surface area contributed by atoms with Gasteiger partial charge >= 0.3 is 5.69 Å². The molecule has 0 unspecified atom stereocenters. The summed E-state index contributed by atoms with van der Waals surface area (Å²) in [5.74, 6) is -2.16. The number of rotatable bonds is 5. The van der Waals surface area contributed by atoms with Gasteiger partial charge in [-0.25, -0.2) is 23.1 Å². The fourth-order valence-corrected chi connectivity index (χ4v) is 4.34. The van der Waals surface area contributed by atoms with Crippen LogP contribution in [0.5, 0.6) is 0 Å². The third kappa shape index (κ3) is 3.57. The molecular formula is C22H18F3N5O2. The summed E-state index contributed by atoms with van der Waals surface area (Å²) in [6.07, 6.45) is 1.38. The molecule has 32 heavy (non-hydrogen) atoms. The van der Waals surface area contributed by atoms with E-state index in [-0.39, 0.29) is 29.0 Å². The molecule has 0 bridgehead atoms. The van der Waals surface area contributed by atoms with Gasteiger partial charge in [-0.3, -0.25) is 9.78 Å². The molecule has 0 atom stereocenters. The maximum absolute atomic E-state index is 14.4.